The average molecular weight is 263 g/mol. The molecular formula is C14H21N3S. The molecule has 0 aliphatic heterocycles. The van der Waals surface area contributed by atoms with Crippen molar-refractivity contribution in [2.75, 3.05) is 24.3 Å². The summed E-state index contributed by atoms with van der Waals surface area (Å²) in [4.78, 5) is 2.08. The highest BCUT2D eigenvalue weighted by molar-refractivity contribution is 7.80. The molecule has 1 saturated carbocycles. The van der Waals surface area contributed by atoms with Crippen LogP contribution in [0.2, 0.25) is 0 Å². The Morgan fingerprint density at radius 1 is 1.22 bits per heavy atom. The highest BCUT2D eigenvalue weighted by atomic mass is 32.1. The number of para-hydroxylation sites is 2. The van der Waals surface area contributed by atoms with Crippen LogP contribution >= 0.6 is 12.2 Å². The first-order valence-corrected chi connectivity index (χ1v) is 6.91. The van der Waals surface area contributed by atoms with E-state index in [9.17, 15) is 0 Å². The molecule has 2 N–H and O–H groups in total. The van der Waals surface area contributed by atoms with E-state index in [1.165, 1.54) is 25.7 Å². The van der Waals surface area contributed by atoms with Gasteiger partial charge in [0.25, 0.3) is 0 Å². The third kappa shape index (κ3) is 3.35. The number of hydrogen-bond donors (Lipinski definition) is 2. The first-order valence-electron chi connectivity index (χ1n) is 6.50. The first-order chi connectivity index (χ1) is 8.66. The van der Waals surface area contributed by atoms with Gasteiger partial charge in [0.15, 0.2) is 5.11 Å². The highest BCUT2D eigenvalue weighted by Crippen LogP contribution is 2.23. The van der Waals surface area contributed by atoms with Gasteiger partial charge in [0.2, 0.25) is 0 Å². The van der Waals surface area contributed by atoms with Crippen molar-refractivity contribution in [3.8, 4) is 0 Å². The second kappa shape index (κ2) is 6.05. The molecule has 1 aliphatic carbocycles. The van der Waals surface area contributed by atoms with E-state index < -0.39 is 0 Å². The molecule has 98 valence electrons. The van der Waals surface area contributed by atoms with Crippen LogP contribution in [-0.2, 0) is 0 Å². The summed E-state index contributed by atoms with van der Waals surface area (Å²) in [5.74, 6) is 0. The fraction of sp³-hybridized carbons (Fsp3) is 0.500. The van der Waals surface area contributed by atoms with Crippen LogP contribution in [-0.4, -0.2) is 25.2 Å². The summed E-state index contributed by atoms with van der Waals surface area (Å²) in [7, 11) is 4.07. The lowest BCUT2D eigenvalue weighted by molar-refractivity contribution is 0.634. The minimum absolute atomic E-state index is 0.552. The van der Waals surface area contributed by atoms with Gasteiger partial charge in [-0.05, 0) is 37.2 Å². The maximum atomic E-state index is 5.38. The first kappa shape index (κ1) is 13.1. The predicted octanol–water partition coefficient (Wildman–Crippen LogP) is 2.98. The van der Waals surface area contributed by atoms with Crippen molar-refractivity contribution in [3.63, 3.8) is 0 Å². The van der Waals surface area contributed by atoms with Gasteiger partial charge in [-0.15, -0.1) is 0 Å². The van der Waals surface area contributed by atoms with Crippen LogP contribution in [0.3, 0.4) is 0 Å². The van der Waals surface area contributed by atoms with Crippen molar-refractivity contribution in [2.45, 2.75) is 31.7 Å². The van der Waals surface area contributed by atoms with Crippen molar-refractivity contribution in [2.24, 2.45) is 0 Å². The van der Waals surface area contributed by atoms with Crippen molar-refractivity contribution in [3.05, 3.63) is 24.3 Å². The Labute approximate surface area is 115 Å². The number of nitrogens with zero attached hydrogens (tertiary/aromatic N) is 1. The maximum Gasteiger partial charge on any atom is 0.171 e. The van der Waals surface area contributed by atoms with Crippen LogP contribution in [0, 0.1) is 0 Å². The van der Waals surface area contributed by atoms with E-state index in [1.807, 2.05) is 26.2 Å². The van der Waals surface area contributed by atoms with Crippen LogP contribution < -0.4 is 15.5 Å². The van der Waals surface area contributed by atoms with E-state index in [-0.39, 0.29) is 0 Å². The molecule has 1 aliphatic rings. The Hall–Kier alpha value is -1.29. The number of anilines is 2. The van der Waals surface area contributed by atoms with Gasteiger partial charge in [-0.2, -0.15) is 0 Å². The number of hydrogen-bond acceptors (Lipinski definition) is 2. The smallest absolute Gasteiger partial charge is 0.171 e. The van der Waals surface area contributed by atoms with Crippen molar-refractivity contribution in [1.29, 1.82) is 0 Å². The Balaban J connectivity index is 1.97. The van der Waals surface area contributed by atoms with E-state index in [2.05, 4.69) is 27.7 Å². The van der Waals surface area contributed by atoms with E-state index in [0.29, 0.717) is 6.04 Å². The molecule has 1 aromatic rings. The van der Waals surface area contributed by atoms with Gasteiger partial charge in [0, 0.05) is 20.1 Å². The zero-order valence-electron chi connectivity index (χ0n) is 11.1. The molecule has 0 saturated heterocycles. The van der Waals surface area contributed by atoms with Gasteiger partial charge in [-0.3, -0.25) is 0 Å². The van der Waals surface area contributed by atoms with Gasteiger partial charge < -0.3 is 15.5 Å². The third-order valence-corrected chi connectivity index (χ3v) is 3.54. The number of nitrogens with one attached hydrogen (secondary N) is 2. The van der Waals surface area contributed by atoms with E-state index in [0.717, 1.165) is 16.5 Å². The predicted molar refractivity (Wildman–Crippen MR) is 82.4 cm³/mol. The lowest BCUT2D eigenvalue weighted by Crippen LogP contribution is -2.36. The normalized spacial score (nSPS) is 15.4. The Kier molecular flexibility index (Phi) is 4.42. The molecular weight excluding hydrogens is 242 g/mol. The van der Waals surface area contributed by atoms with E-state index >= 15 is 0 Å². The zero-order valence-corrected chi connectivity index (χ0v) is 11.9. The highest BCUT2D eigenvalue weighted by Gasteiger charge is 2.15. The molecule has 2 rings (SSSR count). The minimum Gasteiger partial charge on any atom is -0.376 e. The Morgan fingerprint density at radius 2 is 1.89 bits per heavy atom. The molecule has 0 amide bonds. The van der Waals surface area contributed by atoms with Crippen LogP contribution in [0.5, 0.6) is 0 Å². The van der Waals surface area contributed by atoms with Crippen LogP contribution in [0.1, 0.15) is 25.7 Å². The molecule has 0 aromatic heterocycles. The lowest BCUT2D eigenvalue weighted by Gasteiger charge is -2.20. The van der Waals surface area contributed by atoms with Crippen molar-refractivity contribution < 1.29 is 0 Å². The average Bonchev–Trinajstić information content (AvgIpc) is 2.82. The summed E-state index contributed by atoms with van der Waals surface area (Å²) in [6.07, 6.45) is 5.09. The van der Waals surface area contributed by atoms with Crippen molar-refractivity contribution in [1.82, 2.24) is 5.32 Å². The topological polar surface area (TPSA) is 27.3 Å². The zero-order chi connectivity index (χ0) is 13.0. The van der Waals surface area contributed by atoms with Gasteiger partial charge in [-0.25, -0.2) is 0 Å². The maximum absolute atomic E-state index is 5.38. The summed E-state index contributed by atoms with van der Waals surface area (Å²) < 4.78 is 0. The van der Waals surface area contributed by atoms with Gasteiger partial charge in [-0.1, -0.05) is 25.0 Å². The number of thiocarbonyl (C=S) groups is 1. The SMILES string of the molecule is CN(C)c1ccccc1NC(=S)NC1CCCC1. The van der Waals surface area contributed by atoms with Crippen molar-refractivity contribution >= 4 is 28.7 Å². The summed E-state index contributed by atoms with van der Waals surface area (Å²) in [5.41, 5.74) is 2.20. The van der Waals surface area contributed by atoms with Crippen LogP contribution in [0.4, 0.5) is 11.4 Å². The molecule has 1 fully saturated rings. The monoisotopic (exact) mass is 263 g/mol. The second-order valence-corrected chi connectivity index (χ2v) is 5.40. The van der Waals surface area contributed by atoms with Gasteiger partial charge >= 0.3 is 0 Å². The minimum atomic E-state index is 0.552. The Bertz CT molecular complexity index is 411. The van der Waals surface area contributed by atoms with Gasteiger partial charge in [0.1, 0.15) is 0 Å². The Morgan fingerprint density at radius 3 is 2.56 bits per heavy atom. The molecule has 0 heterocycles. The van der Waals surface area contributed by atoms with E-state index in [1.54, 1.807) is 0 Å². The molecule has 0 bridgehead atoms. The fourth-order valence-corrected chi connectivity index (χ4v) is 2.66. The second-order valence-electron chi connectivity index (χ2n) is 4.99. The van der Waals surface area contributed by atoms with Gasteiger partial charge in [0.05, 0.1) is 11.4 Å². The number of rotatable bonds is 3. The third-order valence-electron chi connectivity index (χ3n) is 3.32. The quantitative estimate of drug-likeness (QED) is 0.820. The lowest BCUT2D eigenvalue weighted by atomic mass is 10.2. The summed E-state index contributed by atoms with van der Waals surface area (Å²) in [6, 6.07) is 8.75. The molecule has 0 radical (unpaired) electrons. The molecule has 18 heavy (non-hydrogen) atoms. The van der Waals surface area contributed by atoms with Crippen LogP contribution in [0.25, 0.3) is 0 Å². The molecule has 3 nitrogen and oxygen atoms in total. The molecule has 0 unspecified atom stereocenters. The van der Waals surface area contributed by atoms with E-state index in [4.69, 9.17) is 12.2 Å². The number of benzene rings is 1. The molecule has 0 spiro atoms. The fourth-order valence-electron chi connectivity index (χ4n) is 2.38. The largest absolute Gasteiger partial charge is 0.376 e. The summed E-state index contributed by atoms with van der Waals surface area (Å²) in [5, 5.41) is 7.43. The summed E-state index contributed by atoms with van der Waals surface area (Å²) in [6.45, 7) is 0. The standard InChI is InChI=1S/C14H21N3S/c1-17(2)13-10-6-5-9-12(13)16-14(18)15-11-7-3-4-8-11/h5-6,9-11H,3-4,7-8H2,1-2H3,(H2,15,16,18). The molecule has 1 aromatic carbocycles. The summed E-state index contributed by atoms with van der Waals surface area (Å²) >= 11 is 5.38. The van der Waals surface area contributed by atoms with Crippen LogP contribution in [0.15, 0.2) is 24.3 Å². The molecule has 0 atom stereocenters. The molecule has 4 heteroatoms.